The average Bonchev–Trinajstić information content (AvgIpc) is 2.19. The quantitative estimate of drug-likeness (QED) is 0.674. The van der Waals surface area contributed by atoms with Crippen molar-refractivity contribution in [2.24, 2.45) is 5.73 Å². The van der Waals surface area contributed by atoms with Crippen molar-refractivity contribution in [1.82, 2.24) is 0 Å². The molecule has 1 rings (SSSR count). The van der Waals surface area contributed by atoms with Gasteiger partial charge in [-0.25, -0.2) is 0 Å². The molecule has 1 atom stereocenters. The predicted octanol–water partition coefficient (Wildman–Crippen LogP) is 1.05. The van der Waals surface area contributed by atoms with Crippen LogP contribution in [-0.2, 0) is 0 Å². The van der Waals surface area contributed by atoms with Gasteiger partial charge in [-0.1, -0.05) is 6.07 Å². The van der Waals surface area contributed by atoms with Gasteiger partial charge in [-0.3, -0.25) is 0 Å². The topological polar surface area (TPSA) is 99.6 Å². The van der Waals surface area contributed by atoms with Crippen LogP contribution in [0, 0.1) is 22.7 Å². The number of benzene rings is 1. The summed E-state index contributed by atoms with van der Waals surface area (Å²) in [6, 6.07) is 8.58. The van der Waals surface area contributed by atoms with Gasteiger partial charge in [0.2, 0.25) is 0 Å². The molecule has 0 spiro atoms. The van der Waals surface area contributed by atoms with E-state index in [9.17, 15) is 0 Å². The molecule has 0 aliphatic carbocycles. The van der Waals surface area contributed by atoms with Crippen LogP contribution in [0.15, 0.2) is 18.2 Å². The molecular formula is C10H10N4. The molecule has 0 aliphatic rings. The molecule has 0 radical (unpaired) electrons. The highest BCUT2D eigenvalue weighted by molar-refractivity contribution is 5.55. The van der Waals surface area contributed by atoms with Crippen LogP contribution in [0.1, 0.15) is 23.6 Å². The van der Waals surface area contributed by atoms with Crippen molar-refractivity contribution in [1.29, 1.82) is 10.5 Å². The van der Waals surface area contributed by atoms with E-state index >= 15 is 0 Å². The zero-order valence-electron chi connectivity index (χ0n) is 7.57. The Balaban J connectivity index is 3.03. The molecule has 14 heavy (non-hydrogen) atoms. The van der Waals surface area contributed by atoms with Crippen molar-refractivity contribution in [3.05, 3.63) is 29.3 Å². The van der Waals surface area contributed by atoms with Gasteiger partial charge in [0.05, 0.1) is 18.1 Å². The number of hydrogen-bond acceptors (Lipinski definition) is 4. The second-order valence-electron chi connectivity index (χ2n) is 2.93. The first kappa shape index (κ1) is 10.0. The second kappa shape index (κ2) is 4.27. The van der Waals surface area contributed by atoms with Gasteiger partial charge < -0.3 is 11.5 Å². The van der Waals surface area contributed by atoms with Gasteiger partial charge in [0, 0.05) is 11.7 Å². The van der Waals surface area contributed by atoms with E-state index in [1.807, 2.05) is 12.1 Å². The number of anilines is 1. The maximum atomic E-state index is 8.72. The lowest BCUT2D eigenvalue weighted by atomic mass is 10.0. The van der Waals surface area contributed by atoms with Crippen molar-refractivity contribution < 1.29 is 0 Å². The van der Waals surface area contributed by atoms with Crippen LogP contribution < -0.4 is 11.5 Å². The minimum Gasteiger partial charge on any atom is -0.398 e. The van der Waals surface area contributed by atoms with Gasteiger partial charge in [0.15, 0.2) is 0 Å². The molecule has 0 saturated carbocycles. The van der Waals surface area contributed by atoms with Gasteiger partial charge >= 0.3 is 0 Å². The first-order chi connectivity index (χ1) is 6.69. The van der Waals surface area contributed by atoms with Crippen molar-refractivity contribution in [2.75, 3.05) is 5.73 Å². The van der Waals surface area contributed by atoms with Crippen LogP contribution in [-0.4, -0.2) is 0 Å². The molecular weight excluding hydrogens is 176 g/mol. The molecule has 0 aliphatic heterocycles. The molecule has 4 nitrogen and oxygen atoms in total. The summed E-state index contributed by atoms with van der Waals surface area (Å²) in [5.41, 5.74) is 12.8. The summed E-state index contributed by atoms with van der Waals surface area (Å²) in [5, 5.41) is 17.2. The van der Waals surface area contributed by atoms with Crippen LogP contribution in [0.4, 0.5) is 5.69 Å². The van der Waals surface area contributed by atoms with E-state index in [0.717, 1.165) is 5.56 Å². The van der Waals surface area contributed by atoms with E-state index in [-0.39, 0.29) is 12.5 Å². The Labute approximate surface area is 82.4 Å². The van der Waals surface area contributed by atoms with E-state index in [0.29, 0.717) is 11.3 Å². The summed E-state index contributed by atoms with van der Waals surface area (Å²) in [5.74, 6) is 0. The first-order valence-corrected chi connectivity index (χ1v) is 4.11. The monoisotopic (exact) mass is 186 g/mol. The Hall–Kier alpha value is -2.04. The van der Waals surface area contributed by atoms with Crippen LogP contribution in [0.25, 0.3) is 0 Å². The molecule has 0 amide bonds. The molecule has 4 heteroatoms. The lowest BCUT2D eigenvalue weighted by Crippen LogP contribution is -2.09. The maximum Gasteiger partial charge on any atom is 0.101 e. The van der Waals surface area contributed by atoms with E-state index in [1.54, 1.807) is 18.2 Å². The van der Waals surface area contributed by atoms with E-state index in [1.165, 1.54) is 0 Å². The first-order valence-electron chi connectivity index (χ1n) is 4.11. The zero-order valence-corrected chi connectivity index (χ0v) is 7.57. The van der Waals surface area contributed by atoms with Crippen LogP contribution in [0.2, 0.25) is 0 Å². The standard InChI is InChI=1S/C10H10N4/c11-4-3-10(14)7-1-2-9(13)8(5-7)6-12/h1-2,5,10H,3,13-14H2/t10-/m0/s1. The largest absolute Gasteiger partial charge is 0.398 e. The fourth-order valence-corrected chi connectivity index (χ4v) is 1.12. The molecule has 70 valence electrons. The van der Waals surface area contributed by atoms with Crippen molar-refractivity contribution in [2.45, 2.75) is 12.5 Å². The Morgan fingerprint density at radius 3 is 2.64 bits per heavy atom. The summed E-state index contributed by atoms with van der Waals surface area (Å²) >= 11 is 0. The smallest absolute Gasteiger partial charge is 0.101 e. The molecule has 1 aromatic rings. The predicted molar refractivity (Wildman–Crippen MR) is 52.7 cm³/mol. The fourth-order valence-electron chi connectivity index (χ4n) is 1.12. The number of rotatable bonds is 2. The molecule has 1 aromatic carbocycles. The second-order valence-corrected chi connectivity index (χ2v) is 2.93. The Morgan fingerprint density at radius 1 is 1.36 bits per heavy atom. The van der Waals surface area contributed by atoms with E-state index in [2.05, 4.69) is 0 Å². The summed E-state index contributed by atoms with van der Waals surface area (Å²) in [4.78, 5) is 0. The van der Waals surface area contributed by atoms with E-state index < -0.39 is 0 Å². The van der Waals surface area contributed by atoms with Crippen LogP contribution >= 0.6 is 0 Å². The molecule has 0 unspecified atom stereocenters. The van der Waals surface area contributed by atoms with Crippen molar-refractivity contribution in [3.8, 4) is 12.1 Å². The molecule has 0 aromatic heterocycles. The van der Waals surface area contributed by atoms with E-state index in [4.69, 9.17) is 22.0 Å². The number of nitrogens with zero attached hydrogens (tertiary/aromatic N) is 2. The third-order valence-electron chi connectivity index (χ3n) is 1.94. The minimum absolute atomic E-state index is 0.231. The van der Waals surface area contributed by atoms with Gasteiger partial charge in [0.1, 0.15) is 6.07 Å². The molecule has 0 saturated heterocycles. The Morgan fingerprint density at radius 2 is 2.07 bits per heavy atom. The highest BCUT2D eigenvalue weighted by Gasteiger charge is 2.07. The molecule has 0 heterocycles. The minimum atomic E-state index is -0.354. The summed E-state index contributed by atoms with van der Waals surface area (Å²) in [6.45, 7) is 0. The molecule has 0 fully saturated rings. The maximum absolute atomic E-state index is 8.72. The van der Waals surface area contributed by atoms with Crippen molar-refractivity contribution in [3.63, 3.8) is 0 Å². The SMILES string of the molecule is N#CC[C@H](N)c1ccc(N)c(C#N)c1. The van der Waals surface area contributed by atoms with Gasteiger partial charge in [0.25, 0.3) is 0 Å². The number of nitrogens with two attached hydrogens (primary N) is 2. The van der Waals surface area contributed by atoms with Crippen molar-refractivity contribution >= 4 is 5.69 Å². The lowest BCUT2D eigenvalue weighted by molar-refractivity contribution is 0.748. The summed E-state index contributed by atoms with van der Waals surface area (Å²) in [6.07, 6.45) is 0.231. The highest BCUT2D eigenvalue weighted by atomic mass is 14.6. The fraction of sp³-hybridized carbons (Fsp3) is 0.200. The zero-order chi connectivity index (χ0) is 10.6. The summed E-state index contributed by atoms with van der Waals surface area (Å²) in [7, 11) is 0. The Kier molecular flexibility index (Phi) is 3.06. The van der Waals surface area contributed by atoms with Gasteiger partial charge in [-0.05, 0) is 17.7 Å². The van der Waals surface area contributed by atoms with Crippen LogP contribution in [0.5, 0.6) is 0 Å². The third kappa shape index (κ3) is 2.01. The number of hydrogen-bond donors (Lipinski definition) is 2. The average molecular weight is 186 g/mol. The third-order valence-corrected chi connectivity index (χ3v) is 1.94. The van der Waals surface area contributed by atoms with Crippen LogP contribution in [0.3, 0.4) is 0 Å². The Bertz CT molecular complexity index is 411. The molecule has 0 bridgehead atoms. The number of nitriles is 2. The molecule has 4 N–H and O–H groups in total. The highest BCUT2D eigenvalue weighted by Crippen LogP contribution is 2.19. The van der Waals surface area contributed by atoms with Gasteiger partial charge in [-0.2, -0.15) is 10.5 Å². The summed E-state index contributed by atoms with van der Waals surface area (Å²) < 4.78 is 0. The lowest BCUT2D eigenvalue weighted by Gasteiger charge is -2.08. The number of nitrogen functional groups attached to an aromatic ring is 1. The normalized spacial score (nSPS) is 11.4. The van der Waals surface area contributed by atoms with Gasteiger partial charge in [-0.15, -0.1) is 0 Å².